The van der Waals surface area contributed by atoms with Gasteiger partial charge >= 0.3 is 0 Å². The van der Waals surface area contributed by atoms with Crippen LogP contribution >= 0.6 is 0 Å². The van der Waals surface area contributed by atoms with E-state index in [4.69, 9.17) is 0 Å². The lowest BCUT2D eigenvalue weighted by Gasteiger charge is -2.13. The van der Waals surface area contributed by atoms with Gasteiger partial charge < -0.3 is 9.87 Å². The fraction of sp³-hybridized carbons (Fsp3) is 0.333. The van der Waals surface area contributed by atoms with Crippen LogP contribution in [0.4, 0.5) is 11.8 Å². The summed E-state index contributed by atoms with van der Waals surface area (Å²) in [6.45, 7) is 3.93. The van der Waals surface area contributed by atoms with Gasteiger partial charge in [-0.2, -0.15) is 4.98 Å². The quantitative estimate of drug-likeness (QED) is 0.633. The molecule has 0 radical (unpaired) electrons. The van der Waals surface area contributed by atoms with E-state index in [1.165, 1.54) is 0 Å². The van der Waals surface area contributed by atoms with Crippen molar-refractivity contribution < 1.29 is 9.35 Å². The summed E-state index contributed by atoms with van der Waals surface area (Å²) in [5, 5.41) is 6.73. The number of hydrogen-bond donors (Lipinski definition) is 2. The molecule has 1 unspecified atom stereocenters. The van der Waals surface area contributed by atoms with Crippen molar-refractivity contribution in [2.45, 2.75) is 24.9 Å². The Morgan fingerprint density at radius 1 is 1.40 bits per heavy atom. The minimum Gasteiger partial charge on any atom is -0.610 e. The second-order valence-corrected chi connectivity index (χ2v) is 5.78. The molecule has 20 heavy (non-hydrogen) atoms. The van der Waals surface area contributed by atoms with E-state index in [1.54, 1.807) is 18.5 Å². The maximum absolute atomic E-state index is 11.6. The third-order valence-electron chi connectivity index (χ3n) is 2.45. The number of carbonyl (C=O) groups is 1. The number of aromatic nitrogens is 3. The lowest BCUT2D eigenvalue weighted by atomic mass is 10.3. The maximum atomic E-state index is 11.6. The zero-order valence-corrected chi connectivity index (χ0v) is 12.2. The summed E-state index contributed by atoms with van der Waals surface area (Å²) in [7, 11) is 0. The first-order chi connectivity index (χ1) is 9.51. The normalized spacial score (nSPS) is 12.4. The first-order valence-electron chi connectivity index (χ1n) is 5.99. The first-order valence-corrected chi connectivity index (χ1v) is 7.55. The summed E-state index contributed by atoms with van der Waals surface area (Å²) in [5.41, 5.74) is 0.576. The average molecular weight is 293 g/mol. The zero-order chi connectivity index (χ0) is 14.7. The van der Waals surface area contributed by atoms with Gasteiger partial charge in [-0.15, -0.1) is 0 Å². The third-order valence-corrected chi connectivity index (χ3v) is 3.25. The standard InChI is InChI=1S/C12H15N5O2S/c1-7(2)15-11-10-8(4-9(16-11)20(3)19)5-13-12(17-10)14-6-18/h4-7H,1-3H3,(H,15,16)(H,13,14,17,18). The Kier molecular flexibility index (Phi) is 4.35. The molecule has 2 N–H and O–H groups in total. The second kappa shape index (κ2) is 6.02. The van der Waals surface area contributed by atoms with Gasteiger partial charge in [-0.3, -0.25) is 10.1 Å². The van der Waals surface area contributed by atoms with Crippen LogP contribution in [-0.2, 0) is 16.0 Å². The molecule has 1 atom stereocenters. The molecule has 0 fully saturated rings. The van der Waals surface area contributed by atoms with Crippen molar-refractivity contribution in [1.82, 2.24) is 15.0 Å². The van der Waals surface area contributed by atoms with Crippen LogP contribution < -0.4 is 10.6 Å². The number of nitrogens with zero attached hydrogens (tertiary/aromatic N) is 3. The lowest BCUT2D eigenvalue weighted by Crippen LogP contribution is -2.14. The van der Waals surface area contributed by atoms with Gasteiger partial charge in [0, 0.05) is 34.9 Å². The van der Waals surface area contributed by atoms with E-state index in [2.05, 4.69) is 25.6 Å². The molecule has 2 aromatic heterocycles. The smallest absolute Gasteiger partial charge is 0.246 e. The topological polar surface area (TPSA) is 103 Å². The van der Waals surface area contributed by atoms with Crippen LogP contribution in [0.25, 0.3) is 10.9 Å². The van der Waals surface area contributed by atoms with Crippen molar-refractivity contribution in [2.24, 2.45) is 0 Å². The number of hydrogen-bond acceptors (Lipinski definition) is 6. The SMILES string of the molecule is CC(C)Nc1nc([S+](C)[O-])cc2cnc(NC=O)nc12. The van der Waals surface area contributed by atoms with Crippen LogP contribution in [0.5, 0.6) is 0 Å². The molecule has 2 rings (SSSR count). The molecule has 0 bridgehead atoms. The van der Waals surface area contributed by atoms with Crippen molar-refractivity contribution in [3.8, 4) is 0 Å². The van der Waals surface area contributed by atoms with Crippen LogP contribution in [-0.4, -0.2) is 38.2 Å². The predicted octanol–water partition coefficient (Wildman–Crippen LogP) is 1.15. The number of pyridine rings is 1. The average Bonchev–Trinajstić information content (AvgIpc) is 2.38. The highest BCUT2D eigenvalue weighted by atomic mass is 32.2. The van der Waals surface area contributed by atoms with Crippen LogP contribution in [0, 0.1) is 0 Å². The van der Waals surface area contributed by atoms with Crippen molar-refractivity contribution in [2.75, 3.05) is 16.9 Å². The fourth-order valence-electron chi connectivity index (χ4n) is 1.66. The first kappa shape index (κ1) is 14.5. The predicted molar refractivity (Wildman–Crippen MR) is 78.1 cm³/mol. The van der Waals surface area contributed by atoms with Crippen molar-refractivity contribution in [3.05, 3.63) is 12.3 Å². The van der Waals surface area contributed by atoms with Gasteiger partial charge in [0.25, 0.3) is 0 Å². The van der Waals surface area contributed by atoms with Crippen LogP contribution in [0.15, 0.2) is 17.3 Å². The summed E-state index contributed by atoms with van der Waals surface area (Å²) < 4.78 is 11.6. The van der Waals surface area contributed by atoms with E-state index in [0.717, 1.165) is 0 Å². The molecule has 1 amide bonds. The maximum Gasteiger partial charge on any atom is 0.246 e. The summed E-state index contributed by atoms with van der Waals surface area (Å²) in [5.74, 6) is 0.727. The molecule has 0 aliphatic heterocycles. The number of amides is 1. The minimum absolute atomic E-state index is 0.142. The molecule has 0 aliphatic rings. The Hall–Kier alpha value is -1.93. The van der Waals surface area contributed by atoms with Crippen molar-refractivity contribution >= 4 is 40.3 Å². The van der Waals surface area contributed by atoms with E-state index >= 15 is 0 Å². The Morgan fingerprint density at radius 3 is 2.75 bits per heavy atom. The van der Waals surface area contributed by atoms with Gasteiger partial charge in [-0.05, 0) is 13.8 Å². The fourth-order valence-corrected chi connectivity index (χ4v) is 2.17. The highest BCUT2D eigenvalue weighted by molar-refractivity contribution is 7.90. The van der Waals surface area contributed by atoms with Crippen LogP contribution in [0.3, 0.4) is 0 Å². The van der Waals surface area contributed by atoms with E-state index in [-0.39, 0.29) is 12.0 Å². The number of fused-ring (bicyclic) bond motifs is 1. The summed E-state index contributed by atoms with van der Waals surface area (Å²) >= 11 is -1.20. The molecule has 106 valence electrons. The molecule has 0 spiro atoms. The van der Waals surface area contributed by atoms with Gasteiger partial charge in [0.15, 0.2) is 5.82 Å². The molecule has 7 nitrogen and oxygen atoms in total. The van der Waals surface area contributed by atoms with Gasteiger partial charge in [0.2, 0.25) is 17.4 Å². The Labute approximate surface area is 119 Å². The van der Waals surface area contributed by atoms with Crippen LogP contribution in [0.2, 0.25) is 0 Å². The van der Waals surface area contributed by atoms with E-state index in [1.807, 2.05) is 13.8 Å². The molecule has 2 heterocycles. The molecule has 0 aromatic carbocycles. The highest BCUT2D eigenvalue weighted by Gasteiger charge is 2.15. The Balaban J connectivity index is 2.61. The molecule has 0 saturated heterocycles. The zero-order valence-electron chi connectivity index (χ0n) is 11.4. The number of rotatable bonds is 5. The molecule has 0 saturated carbocycles. The van der Waals surface area contributed by atoms with Gasteiger partial charge in [-0.25, -0.2) is 9.97 Å². The molecular formula is C12H15N5O2S. The molecule has 0 aliphatic carbocycles. The molecule has 2 aromatic rings. The van der Waals surface area contributed by atoms with Gasteiger partial charge in [-0.1, -0.05) is 0 Å². The third kappa shape index (κ3) is 3.14. The van der Waals surface area contributed by atoms with E-state index in [0.29, 0.717) is 28.2 Å². The molecular weight excluding hydrogens is 278 g/mol. The number of nitrogens with one attached hydrogen (secondary N) is 2. The highest BCUT2D eigenvalue weighted by Crippen LogP contribution is 2.24. The second-order valence-electron chi connectivity index (χ2n) is 4.46. The van der Waals surface area contributed by atoms with Crippen LogP contribution in [0.1, 0.15) is 13.8 Å². The minimum atomic E-state index is -1.20. The Morgan fingerprint density at radius 2 is 2.15 bits per heavy atom. The molecule has 8 heteroatoms. The lowest BCUT2D eigenvalue weighted by molar-refractivity contribution is -0.105. The van der Waals surface area contributed by atoms with Gasteiger partial charge in [0.1, 0.15) is 11.8 Å². The van der Waals surface area contributed by atoms with Crippen molar-refractivity contribution in [3.63, 3.8) is 0 Å². The summed E-state index contributed by atoms with van der Waals surface area (Å²) in [4.78, 5) is 23.0. The largest absolute Gasteiger partial charge is 0.610 e. The number of carbonyl (C=O) groups excluding carboxylic acids is 1. The van der Waals surface area contributed by atoms with Gasteiger partial charge in [0.05, 0.1) is 0 Å². The van der Waals surface area contributed by atoms with Crippen molar-refractivity contribution in [1.29, 1.82) is 0 Å². The Bertz CT molecular complexity index is 633. The summed E-state index contributed by atoms with van der Waals surface area (Å²) in [6.07, 6.45) is 3.65. The number of anilines is 2. The van der Waals surface area contributed by atoms with E-state index < -0.39 is 11.2 Å². The van der Waals surface area contributed by atoms with E-state index in [9.17, 15) is 9.35 Å². The summed E-state index contributed by atoms with van der Waals surface area (Å²) in [6, 6.07) is 1.82. The monoisotopic (exact) mass is 293 g/mol.